The third-order valence-electron chi connectivity index (χ3n) is 10.7. The fourth-order valence-corrected chi connectivity index (χ4v) is 7.80. The minimum Gasteiger partial charge on any atom is -0.0648 e. The summed E-state index contributed by atoms with van der Waals surface area (Å²) in [6.07, 6.45) is 5.58. The van der Waals surface area contributed by atoms with E-state index in [1.807, 2.05) is 0 Å². The van der Waals surface area contributed by atoms with Crippen molar-refractivity contribution in [2.45, 2.75) is 40.0 Å². The van der Waals surface area contributed by atoms with Crippen molar-refractivity contribution >= 4 is 44.5 Å². The van der Waals surface area contributed by atoms with Crippen molar-refractivity contribution in [1.29, 1.82) is 0 Å². The number of hydrogen-bond donors (Lipinski definition) is 0. The fourth-order valence-electron chi connectivity index (χ4n) is 7.80. The molecule has 0 saturated heterocycles. The molecule has 0 aliphatic heterocycles. The molecular formula is C50H42. The van der Waals surface area contributed by atoms with Gasteiger partial charge in [-0.1, -0.05) is 166 Å². The summed E-state index contributed by atoms with van der Waals surface area (Å²) >= 11 is 0. The van der Waals surface area contributed by atoms with E-state index in [2.05, 4.69) is 192 Å². The molecule has 0 bridgehead atoms. The number of rotatable bonds is 7. The summed E-state index contributed by atoms with van der Waals surface area (Å²) in [5.74, 6) is 0.430. The smallest absolute Gasteiger partial charge is 0.00697 e. The van der Waals surface area contributed by atoms with Gasteiger partial charge in [0.05, 0.1) is 0 Å². The molecule has 0 fully saturated rings. The van der Waals surface area contributed by atoms with Gasteiger partial charge in [0.1, 0.15) is 0 Å². The SMILES string of the molecule is CCC(C)c1c(-c2ccccc2)cccc1-c1ccc2ccc3ccc(-c4ccc5ccc(C)c(/C=C\c6ccccc6)c5c4)cc3c2c1C. The first-order valence-corrected chi connectivity index (χ1v) is 17.9. The lowest BCUT2D eigenvalue weighted by Crippen LogP contribution is -2.00. The molecule has 0 aromatic heterocycles. The molecule has 0 aliphatic rings. The number of aryl methyl sites for hydroxylation is 2. The third kappa shape index (κ3) is 5.71. The average Bonchev–Trinajstić information content (AvgIpc) is 3.17. The minimum atomic E-state index is 0.430. The van der Waals surface area contributed by atoms with Gasteiger partial charge in [-0.3, -0.25) is 0 Å². The highest BCUT2D eigenvalue weighted by atomic mass is 14.2. The first kappa shape index (κ1) is 31.5. The van der Waals surface area contributed by atoms with E-state index < -0.39 is 0 Å². The largest absolute Gasteiger partial charge is 0.0648 e. The Morgan fingerprint density at radius 2 is 1.10 bits per heavy atom. The summed E-state index contributed by atoms with van der Waals surface area (Å²) in [6, 6.07) is 55.9. The van der Waals surface area contributed by atoms with Gasteiger partial charge < -0.3 is 0 Å². The maximum absolute atomic E-state index is 2.42. The van der Waals surface area contributed by atoms with Crippen LogP contribution in [0.2, 0.25) is 0 Å². The highest BCUT2D eigenvalue weighted by Crippen LogP contribution is 2.42. The monoisotopic (exact) mass is 642 g/mol. The van der Waals surface area contributed by atoms with Crippen LogP contribution in [0, 0.1) is 13.8 Å². The molecule has 50 heavy (non-hydrogen) atoms. The highest BCUT2D eigenvalue weighted by Gasteiger charge is 2.19. The van der Waals surface area contributed by atoms with Gasteiger partial charge in [0.15, 0.2) is 0 Å². The van der Waals surface area contributed by atoms with E-state index in [0.717, 1.165) is 6.42 Å². The predicted octanol–water partition coefficient (Wildman–Crippen LogP) is 14.4. The molecule has 0 radical (unpaired) electrons. The summed E-state index contributed by atoms with van der Waals surface area (Å²) in [6.45, 7) is 9.21. The maximum atomic E-state index is 2.42. The quantitative estimate of drug-likeness (QED) is 0.120. The van der Waals surface area contributed by atoms with Crippen molar-refractivity contribution < 1.29 is 0 Å². The third-order valence-corrected chi connectivity index (χ3v) is 10.7. The molecule has 0 amide bonds. The van der Waals surface area contributed by atoms with Gasteiger partial charge in [0.25, 0.3) is 0 Å². The summed E-state index contributed by atoms with van der Waals surface area (Å²) in [7, 11) is 0. The molecule has 0 spiro atoms. The van der Waals surface area contributed by atoms with Crippen LogP contribution in [-0.4, -0.2) is 0 Å². The molecule has 0 N–H and O–H groups in total. The Balaban J connectivity index is 1.29. The van der Waals surface area contributed by atoms with Crippen molar-refractivity contribution in [3.05, 3.63) is 179 Å². The number of fused-ring (bicyclic) bond motifs is 4. The Bertz CT molecular complexity index is 2530. The van der Waals surface area contributed by atoms with Crippen LogP contribution in [0.15, 0.2) is 152 Å². The van der Waals surface area contributed by atoms with Crippen LogP contribution in [0.5, 0.6) is 0 Å². The molecule has 8 rings (SSSR count). The molecule has 0 heteroatoms. The number of hydrogen-bond acceptors (Lipinski definition) is 0. The van der Waals surface area contributed by atoms with Crippen LogP contribution in [-0.2, 0) is 0 Å². The molecule has 242 valence electrons. The minimum absolute atomic E-state index is 0.430. The van der Waals surface area contributed by atoms with Crippen LogP contribution in [0.25, 0.3) is 77.9 Å². The molecular weight excluding hydrogens is 601 g/mol. The van der Waals surface area contributed by atoms with Crippen LogP contribution in [0.1, 0.15) is 54.0 Å². The van der Waals surface area contributed by atoms with Crippen molar-refractivity contribution in [1.82, 2.24) is 0 Å². The van der Waals surface area contributed by atoms with Crippen molar-refractivity contribution in [3.63, 3.8) is 0 Å². The van der Waals surface area contributed by atoms with Gasteiger partial charge in [-0.05, 0) is 132 Å². The van der Waals surface area contributed by atoms with Crippen LogP contribution >= 0.6 is 0 Å². The zero-order valence-corrected chi connectivity index (χ0v) is 29.4. The van der Waals surface area contributed by atoms with Crippen LogP contribution in [0.4, 0.5) is 0 Å². The van der Waals surface area contributed by atoms with E-state index in [-0.39, 0.29) is 0 Å². The van der Waals surface area contributed by atoms with Crippen molar-refractivity contribution in [2.75, 3.05) is 0 Å². The Hall–Kier alpha value is -5.72. The van der Waals surface area contributed by atoms with Gasteiger partial charge in [-0.2, -0.15) is 0 Å². The Kier molecular flexibility index (Phi) is 8.39. The Labute approximate surface area is 296 Å². The summed E-state index contributed by atoms with van der Waals surface area (Å²) in [4.78, 5) is 0. The number of benzene rings is 8. The van der Waals surface area contributed by atoms with E-state index in [9.17, 15) is 0 Å². The van der Waals surface area contributed by atoms with E-state index in [0.29, 0.717) is 5.92 Å². The molecule has 8 aromatic rings. The first-order valence-electron chi connectivity index (χ1n) is 17.9. The normalized spacial score (nSPS) is 12.3. The summed E-state index contributed by atoms with van der Waals surface area (Å²) < 4.78 is 0. The van der Waals surface area contributed by atoms with Gasteiger partial charge in [0.2, 0.25) is 0 Å². The molecule has 1 unspecified atom stereocenters. The predicted molar refractivity (Wildman–Crippen MR) is 219 cm³/mol. The molecule has 0 nitrogen and oxygen atoms in total. The zero-order valence-electron chi connectivity index (χ0n) is 29.4. The maximum Gasteiger partial charge on any atom is -0.00697 e. The lowest BCUT2D eigenvalue weighted by molar-refractivity contribution is 0.737. The molecule has 0 saturated carbocycles. The van der Waals surface area contributed by atoms with Crippen LogP contribution < -0.4 is 0 Å². The van der Waals surface area contributed by atoms with E-state index in [4.69, 9.17) is 0 Å². The summed E-state index contributed by atoms with van der Waals surface area (Å²) in [5.41, 5.74) is 14.3. The van der Waals surface area contributed by atoms with Crippen LogP contribution in [0.3, 0.4) is 0 Å². The molecule has 0 heterocycles. The Morgan fingerprint density at radius 3 is 1.84 bits per heavy atom. The average molecular weight is 643 g/mol. The molecule has 8 aromatic carbocycles. The standard InChI is InChI=1S/C50H42/c1-5-33(2)49-45(37-15-10-7-11-16-37)17-12-18-46(49)44-30-28-40-25-22-39-24-27-42(32-48(39)50(40)35(44)4)41-26-23-38-21-19-34(3)43(47(38)31-41)29-20-36-13-8-6-9-14-36/h6-33H,5H2,1-4H3/b29-20-. The second-order valence-electron chi connectivity index (χ2n) is 13.8. The topological polar surface area (TPSA) is 0 Å². The van der Waals surface area contributed by atoms with E-state index >= 15 is 0 Å². The van der Waals surface area contributed by atoms with E-state index in [1.54, 1.807) is 0 Å². The highest BCUT2D eigenvalue weighted by molar-refractivity contribution is 6.12. The van der Waals surface area contributed by atoms with E-state index in [1.165, 1.54) is 93.5 Å². The first-order chi connectivity index (χ1) is 24.5. The summed E-state index contributed by atoms with van der Waals surface area (Å²) in [5, 5.41) is 7.73. The lowest BCUT2D eigenvalue weighted by Gasteiger charge is -2.22. The second kappa shape index (κ2) is 13.3. The van der Waals surface area contributed by atoms with Gasteiger partial charge in [0, 0.05) is 0 Å². The van der Waals surface area contributed by atoms with Gasteiger partial charge in [-0.25, -0.2) is 0 Å². The zero-order chi connectivity index (χ0) is 34.2. The fraction of sp³-hybridized carbons (Fsp3) is 0.120. The molecule has 1 atom stereocenters. The lowest BCUT2D eigenvalue weighted by atomic mass is 9.82. The molecule has 0 aliphatic carbocycles. The Morgan fingerprint density at radius 1 is 0.500 bits per heavy atom. The van der Waals surface area contributed by atoms with Crippen molar-refractivity contribution in [2.24, 2.45) is 0 Å². The van der Waals surface area contributed by atoms with Gasteiger partial charge in [-0.15, -0.1) is 0 Å². The van der Waals surface area contributed by atoms with Crippen molar-refractivity contribution in [3.8, 4) is 33.4 Å². The second-order valence-corrected chi connectivity index (χ2v) is 13.8. The van der Waals surface area contributed by atoms with Gasteiger partial charge >= 0.3 is 0 Å².